The molecule has 2 aliphatic heterocycles. The van der Waals surface area contributed by atoms with Crippen molar-refractivity contribution in [3.63, 3.8) is 0 Å². The van der Waals surface area contributed by atoms with Crippen molar-refractivity contribution in [2.45, 2.75) is 44.4 Å². The molecule has 37 heavy (non-hydrogen) atoms. The highest BCUT2D eigenvalue weighted by Crippen LogP contribution is 2.65. The molecule has 2 saturated heterocycles. The van der Waals surface area contributed by atoms with Crippen LogP contribution in [0.15, 0.2) is 54.6 Å². The Morgan fingerprint density at radius 3 is 2.51 bits per heavy atom. The highest BCUT2D eigenvalue weighted by atomic mass is 16.6. The third kappa shape index (κ3) is 3.89. The molecular formula is C29H32O8. The van der Waals surface area contributed by atoms with Crippen molar-refractivity contribution in [3.8, 4) is 5.75 Å². The van der Waals surface area contributed by atoms with Crippen LogP contribution in [-0.4, -0.2) is 62.1 Å². The van der Waals surface area contributed by atoms with Crippen molar-refractivity contribution >= 4 is 11.8 Å². The number of methoxy groups -OCH3 is 1. The molecule has 2 saturated carbocycles. The first-order valence-electron chi connectivity index (χ1n) is 12.8. The molecule has 2 aromatic carbocycles. The molecule has 0 unspecified atom stereocenters. The van der Waals surface area contributed by atoms with Crippen molar-refractivity contribution < 1.29 is 38.4 Å². The van der Waals surface area contributed by atoms with Crippen LogP contribution in [0.5, 0.6) is 5.75 Å². The molecule has 2 aromatic rings. The molecule has 0 amide bonds. The van der Waals surface area contributed by atoms with E-state index in [2.05, 4.69) is 0 Å². The zero-order chi connectivity index (χ0) is 25.6. The average Bonchev–Trinajstić information content (AvgIpc) is 3.48. The van der Waals surface area contributed by atoms with Gasteiger partial charge in [-0.25, -0.2) is 0 Å². The largest absolute Gasteiger partial charge is 0.497 e. The molecule has 2 heterocycles. The van der Waals surface area contributed by atoms with Crippen LogP contribution in [0.2, 0.25) is 0 Å². The first kappa shape index (κ1) is 24.6. The maximum Gasteiger partial charge on any atom is 0.310 e. The van der Waals surface area contributed by atoms with Gasteiger partial charge in [-0.05, 0) is 29.7 Å². The zero-order valence-corrected chi connectivity index (χ0v) is 20.8. The minimum absolute atomic E-state index is 0.0260. The average molecular weight is 509 g/mol. The highest BCUT2D eigenvalue weighted by molar-refractivity contribution is 5.95. The van der Waals surface area contributed by atoms with Crippen molar-refractivity contribution in [1.29, 1.82) is 0 Å². The van der Waals surface area contributed by atoms with Crippen LogP contribution in [0.3, 0.4) is 0 Å². The van der Waals surface area contributed by atoms with E-state index in [0.717, 1.165) is 16.9 Å². The first-order chi connectivity index (χ1) is 18.0. The molecular weight excluding hydrogens is 476 g/mol. The number of carbonyl (C=O) groups is 2. The van der Waals surface area contributed by atoms with Gasteiger partial charge in [0.15, 0.2) is 0 Å². The number of aliphatic hydroxyl groups excluding tert-OH is 1. The van der Waals surface area contributed by atoms with E-state index in [4.69, 9.17) is 23.7 Å². The Morgan fingerprint density at radius 2 is 1.76 bits per heavy atom. The van der Waals surface area contributed by atoms with Gasteiger partial charge in [-0.2, -0.15) is 0 Å². The number of hydrogen-bond donors (Lipinski definition) is 1. The van der Waals surface area contributed by atoms with Crippen LogP contribution < -0.4 is 4.74 Å². The monoisotopic (exact) mass is 508 g/mol. The van der Waals surface area contributed by atoms with E-state index >= 15 is 0 Å². The first-order valence-corrected chi connectivity index (χ1v) is 12.8. The van der Waals surface area contributed by atoms with Gasteiger partial charge >= 0.3 is 5.97 Å². The molecule has 0 bridgehead atoms. The van der Waals surface area contributed by atoms with E-state index in [1.807, 2.05) is 54.6 Å². The van der Waals surface area contributed by atoms with E-state index in [1.165, 1.54) is 0 Å². The van der Waals surface area contributed by atoms with Gasteiger partial charge in [0.25, 0.3) is 0 Å². The Bertz CT molecular complexity index is 1150. The summed E-state index contributed by atoms with van der Waals surface area (Å²) in [6.07, 6.45) is -1.51. The summed E-state index contributed by atoms with van der Waals surface area (Å²) < 4.78 is 29.7. The normalized spacial score (nSPS) is 36.1. The van der Waals surface area contributed by atoms with Crippen LogP contribution in [0.4, 0.5) is 0 Å². The number of cyclic esters (lactones) is 1. The predicted molar refractivity (Wildman–Crippen MR) is 130 cm³/mol. The van der Waals surface area contributed by atoms with Crippen LogP contribution in [-0.2, 0) is 41.8 Å². The lowest BCUT2D eigenvalue weighted by Gasteiger charge is -2.55. The minimum Gasteiger partial charge on any atom is -0.497 e. The Balaban J connectivity index is 1.28. The predicted octanol–water partition coefficient (Wildman–Crippen LogP) is 2.70. The lowest BCUT2D eigenvalue weighted by atomic mass is 9.46. The van der Waals surface area contributed by atoms with Crippen molar-refractivity contribution in [2.24, 2.45) is 22.7 Å². The Hall–Kier alpha value is -2.78. The zero-order valence-electron chi connectivity index (χ0n) is 20.8. The molecule has 0 radical (unpaired) electrons. The van der Waals surface area contributed by atoms with E-state index in [9.17, 15) is 14.7 Å². The van der Waals surface area contributed by atoms with E-state index in [0.29, 0.717) is 19.6 Å². The minimum atomic E-state index is -1.02. The number of hydrogen-bond acceptors (Lipinski definition) is 8. The second-order valence-electron chi connectivity index (χ2n) is 10.7. The van der Waals surface area contributed by atoms with Gasteiger partial charge in [0.1, 0.15) is 18.1 Å². The third-order valence-electron chi connectivity index (χ3n) is 8.91. The number of benzene rings is 2. The summed E-state index contributed by atoms with van der Waals surface area (Å²) in [5.74, 6) is -0.798. The Kier molecular flexibility index (Phi) is 6.31. The molecule has 6 rings (SSSR count). The fourth-order valence-electron chi connectivity index (χ4n) is 7.04. The summed E-state index contributed by atoms with van der Waals surface area (Å²) in [5, 5.41) is 11.3. The van der Waals surface area contributed by atoms with E-state index in [-0.39, 0.29) is 38.0 Å². The second kappa shape index (κ2) is 9.51. The number of Topliss-reactive ketones (excluding diaryl/α,β-unsaturated/α-hetero) is 1. The lowest BCUT2D eigenvalue weighted by molar-refractivity contribution is -0.191. The summed E-state index contributed by atoms with van der Waals surface area (Å²) in [4.78, 5) is 26.5. The Morgan fingerprint density at radius 1 is 1.00 bits per heavy atom. The summed E-state index contributed by atoms with van der Waals surface area (Å²) in [6, 6.07) is 17.4. The second-order valence-corrected chi connectivity index (χ2v) is 10.7. The lowest BCUT2D eigenvalue weighted by Crippen LogP contribution is -2.67. The van der Waals surface area contributed by atoms with Crippen LogP contribution in [0.25, 0.3) is 0 Å². The topological polar surface area (TPSA) is 101 Å². The van der Waals surface area contributed by atoms with E-state index in [1.54, 1.807) is 7.11 Å². The molecule has 0 aromatic heterocycles. The maximum absolute atomic E-state index is 13.5. The molecule has 4 aliphatic rings. The summed E-state index contributed by atoms with van der Waals surface area (Å²) in [5.41, 5.74) is 0.129. The van der Waals surface area contributed by atoms with Crippen molar-refractivity contribution in [1.82, 2.24) is 0 Å². The fraction of sp³-hybridized carbons (Fsp3) is 0.517. The SMILES string of the molecule is COc1ccc(CO[C@H]2C[C@@H]3C(=O)OC[C@@]34C(=O)C[C@@H](O)[C@@]3(COCc5ccccc5)CO[C@@H]2[C@@H]34)cc1. The fourth-order valence-corrected chi connectivity index (χ4v) is 7.04. The molecule has 4 fully saturated rings. The number of ketones is 1. The van der Waals surface area contributed by atoms with Gasteiger partial charge in [-0.1, -0.05) is 42.5 Å². The highest BCUT2D eigenvalue weighted by Gasteiger charge is 2.76. The van der Waals surface area contributed by atoms with Gasteiger partial charge in [-0.3, -0.25) is 9.59 Å². The Labute approximate surface area is 215 Å². The number of esters is 1. The van der Waals surface area contributed by atoms with Crippen molar-refractivity contribution in [3.05, 3.63) is 65.7 Å². The number of aliphatic hydroxyl groups is 1. The van der Waals surface area contributed by atoms with Gasteiger partial charge in [0.2, 0.25) is 0 Å². The molecule has 8 heteroatoms. The summed E-state index contributed by atoms with van der Waals surface area (Å²) >= 11 is 0. The summed E-state index contributed by atoms with van der Waals surface area (Å²) in [7, 11) is 1.62. The smallest absolute Gasteiger partial charge is 0.310 e. The van der Waals surface area contributed by atoms with Crippen LogP contribution >= 0.6 is 0 Å². The standard InChI is InChI=1S/C29H32O8/c1-33-20-9-7-19(8-10-20)14-35-22-11-21-27(32)37-17-29(21)24(31)12-23(30)28(16-36-25(22)26(28)29)15-34-13-18-5-3-2-4-6-18/h2-10,21-23,25-26,30H,11-17H2,1H3/t21-,22+,23-,25+,26+,28-,29+/m1/s1. The molecule has 7 atom stereocenters. The molecule has 2 aliphatic carbocycles. The van der Waals surface area contributed by atoms with Gasteiger partial charge in [0, 0.05) is 17.8 Å². The maximum atomic E-state index is 13.5. The van der Waals surface area contributed by atoms with E-state index < -0.39 is 41.0 Å². The number of rotatable bonds is 8. The quantitative estimate of drug-likeness (QED) is 0.544. The third-order valence-corrected chi connectivity index (χ3v) is 8.91. The van der Waals surface area contributed by atoms with Gasteiger partial charge < -0.3 is 28.8 Å². The molecule has 196 valence electrons. The van der Waals surface area contributed by atoms with Gasteiger partial charge in [-0.15, -0.1) is 0 Å². The molecule has 1 spiro atoms. The van der Waals surface area contributed by atoms with Crippen LogP contribution in [0.1, 0.15) is 24.0 Å². The molecule has 1 N–H and O–H groups in total. The number of carbonyl (C=O) groups excluding carboxylic acids is 2. The van der Waals surface area contributed by atoms with Crippen molar-refractivity contribution in [2.75, 3.05) is 26.9 Å². The number of ether oxygens (including phenoxy) is 5. The molecule has 8 nitrogen and oxygen atoms in total. The van der Waals surface area contributed by atoms with Gasteiger partial charge in [0.05, 0.1) is 63.2 Å². The summed E-state index contributed by atoms with van der Waals surface area (Å²) in [6.45, 7) is 1.17. The van der Waals surface area contributed by atoms with Crippen LogP contribution in [0, 0.1) is 22.7 Å².